The van der Waals surface area contributed by atoms with E-state index in [1.54, 1.807) is 4.98 Å². The Balaban J connectivity index is 0.000000601. The smallest absolute Gasteiger partial charge is 0.263 e. The Labute approximate surface area is 205 Å². The number of carbonyl (C=O) groups is 2. The number of nitrogens with one attached hydrogen (secondary N) is 1. The van der Waals surface area contributed by atoms with Gasteiger partial charge in [0.05, 0.1) is 10.8 Å². The van der Waals surface area contributed by atoms with Crippen molar-refractivity contribution in [3.63, 3.8) is 0 Å². The van der Waals surface area contributed by atoms with E-state index < -0.39 is 55.4 Å². The lowest BCUT2D eigenvalue weighted by molar-refractivity contribution is 0.0965. The second-order valence-electron chi connectivity index (χ2n) is 8.50. The van der Waals surface area contributed by atoms with E-state index >= 15 is 0 Å². The first kappa shape index (κ1) is 31.9. The minimum Gasteiger partial charge on any atom is -0.366 e. The third-order valence-electron chi connectivity index (χ3n) is 5.50. The third-order valence-corrected chi connectivity index (χ3v) is 5.50. The highest BCUT2D eigenvalue weighted by Crippen LogP contribution is 2.04. The first-order valence-electron chi connectivity index (χ1n) is 12.6. The zero-order chi connectivity index (χ0) is 27.0. The lowest BCUT2D eigenvalue weighted by Crippen LogP contribution is -2.39. The minimum atomic E-state index is -1.44. The number of primary amides is 2. The summed E-state index contributed by atoms with van der Waals surface area (Å²) in [4.78, 5) is 70.3. The molecule has 0 aromatic rings. The second kappa shape index (κ2) is 17.4. The fourth-order valence-corrected chi connectivity index (χ4v) is 3.56. The van der Waals surface area contributed by atoms with E-state index in [1.165, 1.54) is 77.0 Å². The Morgan fingerprint density at radius 3 is 1.20 bits per heavy atom. The highest BCUT2D eigenvalue weighted by molar-refractivity contribution is 6.06. The van der Waals surface area contributed by atoms with Crippen molar-refractivity contribution < 1.29 is 9.59 Å². The quantitative estimate of drug-likeness (QED) is 0.304. The Hall–Kier alpha value is -3.10. The van der Waals surface area contributed by atoms with Crippen LogP contribution in [0.1, 0.15) is 125 Å². The first-order valence-corrected chi connectivity index (χ1v) is 12.6. The molecule has 0 unspecified atom stereocenters. The van der Waals surface area contributed by atoms with Gasteiger partial charge in [0.25, 0.3) is 22.9 Å². The van der Waals surface area contributed by atoms with Gasteiger partial charge in [-0.1, -0.05) is 105 Å². The van der Waals surface area contributed by atoms with Gasteiger partial charge in [-0.25, -0.2) is 0 Å². The summed E-state index contributed by atoms with van der Waals surface area (Å²) in [6.45, 7) is 9.02. The van der Waals surface area contributed by atoms with E-state index in [9.17, 15) is 28.8 Å². The summed E-state index contributed by atoms with van der Waals surface area (Å²) < 4.78 is 0. The van der Waals surface area contributed by atoms with Gasteiger partial charge in [0, 0.05) is 0 Å². The molecule has 0 fully saturated rings. The van der Waals surface area contributed by atoms with Crippen LogP contribution in [-0.2, 0) is 0 Å². The molecule has 9 nitrogen and oxygen atoms in total. The zero-order valence-corrected chi connectivity index (χ0v) is 21.6. The lowest BCUT2D eigenvalue weighted by Gasteiger charge is -2.00. The van der Waals surface area contributed by atoms with Crippen molar-refractivity contribution in [3.8, 4) is 0 Å². The SMILES string of the molecule is CCCCCCCC.CCCCCCCC.NC(=O)c1c(C(N)=O)c2c(=O)[nH]c(=O)c=2c(=O)c1=O. The van der Waals surface area contributed by atoms with Gasteiger partial charge in [-0.3, -0.25) is 33.8 Å². The zero-order valence-electron chi connectivity index (χ0n) is 21.6. The summed E-state index contributed by atoms with van der Waals surface area (Å²) in [6.07, 6.45) is 17.0. The molecule has 5 N–H and O–H groups in total. The normalized spacial score (nSPS) is 10.3. The number of nitrogens with two attached hydrogens (primary N) is 2. The van der Waals surface area contributed by atoms with E-state index in [0.717, 1.165) is 0 Å². The van der Waals surface area contributed by atoms with Crippen LogP contribution >= 0.6 is 0 Å². The fourth-order valence-electron chi connectivity index (χ4n) is 3.56. The van der Waals surface area contributed by atoms with Crippen LogP contribution in [0.3, 0.4) is 0 Å². The predicted octanol–water partition coefficient (Wildman–Crippen LogP) is 2.99. The Kier molecular flexibility index (Phi) is 15.8. The number of carbonyl (C=O) groups excluding carboxylic acids is 2. The van der Waals surface area contributed by atoms with E-state index in [1.807, 2.05) is 0 Å². The van der Waals surface area contributed by atoms with Gasteiger partial charge in [0.1, 0.15) is 10.8 Å². The van der Waals surface area contributed by atoms with Gasteiger partial charge in [-0.15, -0.1) is 0 Å². The lowest BCUT2D eigenvalue weighted by atomic mass is 10.0. The molecular formula is C26H41N3O6. The molecule has 2 aliphatic rings. The molecule has 1 aliphatic carbocycles. The van der Waals surface area contributed by atoms with Crippen LogP contribution < -0.4 is 33.4 Å². The summed E-state index contributed by atoms with van der Waals surface area (Å²) in [6, 6.07) is 0. The predicted molar refractivity (Wildman–Crippen MR) is 139 cm³/mol. The molecule has 0 radical (unpaired) electrons. The van der Waals surface area contributed by atoms with Crippen LogP contribution in [0, 0.1) is 10.4 Å². The van der Waals surface area contributed by atoms with E-state index in [-0.39, 0.29) is 0 Å². The molecule has 2 rings (SSSR count). The summed E-state index contributed by atoms with van der Waals surface area (Å²) >= 11 is 0. The number of hydrogen-bond acceptors (Lipinski definition) is 6. The maximum Gasteiger partial charge on any atom is 0.263 e. The molecule has 9 heteroatoms. The standard InChI is InChI=1S/C10H5N3O6.2C8H18/c11-7(16)1-2-4(10(19)13-9(2)18)6(15)5(14)3(1)8(12)17;2*1-3-5-7-8-6-4-2/h(H2,11,16)(H2,12,17)(H,13,18,19);2*3-8H2,1-2H3. The maximum absolute atomic E-state index is 11.6. The van der Waals surface area contributed by atoms with Gasteiger partial charge < -0.3 is 11.5 Å². The topological polar surface area (TPSA) is 170 Å². The van der Waals surface area contributed by atoms with Crippen LogP contribution in [0.5, 0.6) is 0 Å². The first-order chi connectivity index (χ1) is 16.6. The van der Waals surface area contributed by atoms with E-state index in [0.29, 0.717) is 0 Å². The number of unbranched alkanes of at least 4 members (excludes halogenated alkanes) is 10. The highest BCUT2D eigenvalue weighted by atomic mass is 16.2. The number of amides is 2. The molecule has 0 bridgehead atoms. The summed E-state index contributed by atoms with van der Waals surface area (Å²) in [5, 5.41) is -1.48. The Bertz CT molecular complexity index is 1170. The summed E-state index contributed by atoms with van der Waals surface area (Å²) in [5.74, 6) is -2.70. The van der Waals surface area contributed by atoms with Crippen LogP contribution in [0.4, 0.5) is 0 Å². The molecule has 1 heterocycles. The molecule has 196 valence electrons. The summed E-state index contributed by atoms with van der Waals surface area (Å²) in [7, 11) is 0. The molecule has 35 heavy (non-hydrogen) atoms. The average molecular weight is 492 g/mol. The Morgan fingerprint density at radius 1 is 0.543 bits per heavy atom. The van der Waals surface area contributed by atoms with Gasteiger partial charge in [-0.05, 0) is 0 Å². The van der Waals surface area contributed by atoms with Gasteiger partial charge in [0.15, 0.2) is 0 Å². The highest BCUT2D eigenvalue weighted by Gasteiger charge is 2.25. The molecular weight excluding hydrogens is 450 g/mol. The largest absolute Gasteiger partial charge is 0.366 e. The van der Waals surface area contributed by atoms with Crippen molar-refractivity contribution in [2.75, 3.05) is 0 Å². The molecule has 0 aromatic carbocycles. The van der Waals surface area contributed by atoms with Crippen LogP contribution in [0.25, 0.3) is 0 Å². The maximum atomic E-state index is 11.6. The monoisotopic (exact) mass is 491 g/mol. The molecule has 0 saturated heterocycles. The van der Waals surface area contributed by atoms with Crippen molar-refractivity contribution in [1.29, 1.82) is 0 Å². The van der Waals surface area contributed by atoms with Crippen LogP contribution in [0.2, 0.25) is 0 Å². The van der Waals surface area contributed by atoms with Crippen molar-refractivity contribution in [2.24, 2.45) is 11.5 Å². The van der Waals surface area contributed by atoms with E-state index in [2.05, 4.69) is 27.7 Å². The molecule has 0 aromatic heterocycles. The van der Waals surface area contributed by atoms with Gasteiger partial charge in [-0.2, -0.15) is 0 Å². The van der Waals surface area contributed by atoms with Crippen LogP contribution in [0.15, 0.2) is 19.2 Å². The molecule has 2 amide bonds. The molecule has 1 aliphatic heterocycles. The number of aromatic nitrogens is 1. The van der Waals surface area contributed by atoms with Crippen molar-refractivity contribution in [3.05, 3.63) is 62.7 Å². The molecule has 0 saturated carbocycles. The van der Waals surface area contributed by atoms with E-state index in [4.69, 9.17) is 11.5 Å². The number of hydrogen-bond donors (Lipinski definition) is 3. The number of aromatic amines is 1. The fraction of sp³-hybridized carbons (Fsp3) is 0.615. The second-order valence-corrected chi connectivity index (χ2v) is 8.50. The van der Waals surface area contributed by atoms with Crippen molar-refractivity contribution in [2.45, 2.75) is 105 Å². The molecule has 0 atom stereocenters. The van der Waals surface area contributed by atoms with Gasteiger partial charge in [0.2, 0.25) is 10.9 Å². The average Bonchev–Trinajstić information content (AvgIpc) is 3.10. The third kappa shape index (κ3) is 9.96. The Morgan fingerprint density at radius 2 is 0.886 bits per heavy atom. The van der Waals surface area contributed by atoms with Crippen molar-refractivity contribution >= 4 is 11.8 Å². The number of rotatable bonds is 12. The summed E-state index contributed by atoms with van der Waals surface area (Å²) in [5.41, 5.74) is 3.04. The van der Waals surface area contributed by atoms with Crippen LogP contribution in [-0.4, -0.2) is 16.8 Å². The van der Waals surface area contributed by atoms with Gasteiger partial charge >= 0.3 is 0 Å². The minimum absolute atomic E-state index is 0.684. The number of H-pyrrole nitrogens is 1. The van der Waals surface area contributed by atoms with Crippen molar-refractivity contribution in [1.82, 2.24) is 4.98 Å². The molecule has 0 spiro atoms.